The first-order chi connectivity index (χ1) is 7.02. The molecule has 0 atom stereocenters. The number of methoxy groups -OCH3 is 1. The molecule has 0 unspecified atom stereocenters. The van der Waals surface area contributed by atoms with E-state index in [0.717, 1.165) is 11.3 Å². The van der Waals surface area contributed by atoms with E-state index in [9.17, 15) is 0 Å². The summed E-state index contributed by atoms with van der Waals surface area (Å²) in [5.74, 6) is 0.827. The van der Waals surface area contributed by atoms with Crippen molar-refractivity contribution in [1.82, 2.24) is 0 Å². The van der Waals surface area contributed by atoms with E-state index in [1.54, 1.807) is 7.11 Å². The largest absolute Gasteiger partial charge is 0.497 e. The summed E-state index contributed by atoms with van der Waals surface area (Å²) in [7, 11) is 1.64. The van der Waals surface area contributed by atoms with E-state index in [2.05, 4.69) is 5.16 Å². The monoisotopic (exact) mass is 207 g/mol. The summed E-state index contributed by atoms with van der Waals surface area (Å²) in [6.07, 6.45) is 0. The van der Waals surface area contributed by atoms with Gasteiger partial charge in [-0.15, -0.1) is 0 Å². The van der Waals surface area contributed by atoms with Gasteiger partial charge in [-0.1, -0.05) is 31.1 Å². The van der Waals surface area contributed by atoms with Crippen molar-refractivity contribution in [2.24, 2.45) is 5.16 Å². The van der Waals surface area contributed by atoms with Gasteiger partial charge in [0.1, 0.15) is 5.75 Å². The Kier molecular flexibility index (Phi) is 3.35. The molecule has 0 fully saturated rings. The Hall–Kier alpha value is -1.51. The SMILES string of the molecule is COc1ccc(C(C)(C)/C(C)=N/O)cc1. The highest BCUT2D eigenvalue weighted by molar-refractivity contribution is 5.91. The fraction of sp³-hybridized carbons (Fsp3) is 0.417. The predicted octanol–water partition coefficient (Wildman–Crippen LogP) is 2.82. The molecule has 0 aliphatic rings. The summed E-state index contributed by atoms with van der Waals surface area (Å²) < 4.78 is 5.09. The number of nitrogens with zero attached hydrogens (tertiary/aromatic N) is 1. The standard InChI is InChI=1S/C12H17NO2/c1-9(13-14)12(2,3)10-5-7-11(15-4)8-6-10/h5-8,14H,1-4H3/b13-9+. The predicted molar refractivity (Wildman–Crippen MR) is 60.9 cm³/mol. The number of rotatable bonds is 3. The Labute approximate surface area is 90.4 Å². The highest BCUT2D eigenvalue weighted by Gasteiger charge is 2.24. The summed E-state index contributed by atoms with van der Waals surface area (Å²) in [6.45, 7) is 5.85. The Morgan fingerprint density at radius 3 is 2.20 bits per heavy atom. The van der Waals surface area contributed by atoms with Crippen LogP contribution in [0.25, 0.3) is 0 Å². The van der Waals surface area contributed by atoms with E-state index in [0.29, 0.717) is 5.71 Å². The number of hydrogen-bond acceptors (Lipinski definition) is 3. The second kappa shape index (κ2) is 4.34. The van der Waals surface area contributed by atoms with Crippen LogP contribution in [0.2, 0.25) is 0 Å². The van der Waals surface area contributed by atoms with E-state index in [1.165, 1.54) is 0 Å². The lowest BCUT2D eigenvalue weighted by Crippen LogP contribution is -2.26. The summed E-state index contributed by atoms with van der Waals surface area (Å²) in [6, 6.07) is 7.77. The molecule has 15 heavy (non-hydrogen) atoms. The van der Waals surface area contributed by atoms with E-state index in [4.69, 9.17) is 9.94 Å². The van der Waals surface area contributed by atoms with Gasteiger partial charge >= 0.3 is 0 Å². The van der Waals surface area contributed by atoms with E-state index in [-0.39, 0.29) is 5.41 Å². The minimum atomic E-state index is -0.263. The van der Waals surface area contributed by atoms with Gasteiger partial charge in [0.2, 0.25) is 0 Å². The van der Waals surface area contributed by atoms with E-state index < -0.39 is 0 Å². The molecule has 82 valence electrons. The molecule has 0 bridgehead atoms. The lowest BCUT2D eigenvalue weighted by Gasteiger charge is -2.24. The topological polar surface area (TPSA) is 41.8 Å². The molecule has 3 nitrogen and oxygen atoms in total. The molecule has 0 saturated heterocycles. The first kappa shape index (κ1) is 11.6. The van der Waals surface area contributed by atoms with Crippen LogP contribution in [-0.2, 0) is 5.41 Å². The van der Waals surface area contributed by atoms with Crippen LogP contribution >= 0.6 is 0 Å². The number of oxime groups is 1. The lowest BCUT2D eigenvalue weighted by molar-refractivity contribution is 0.314. The van der Waals surface area contributed by atoms with Crippen LogP contribution < -0.4 is 4.74 Å². The molecule has 0 radical (unpaired) electrons. The van der Waals surface area contributed by atoms with E-state index in [1.807, 2.05) is 45.0 Å². The van der Waals surface area contributed by atoms with Gasteiger partial charge in [-0.2, -0.15) is 0 Å². The van der Waals surface area contributed by atoms with Crippen molar-refractivity contribution in [2.75, 3.05) is 7.11 Å². The van der Waals surface area contributed by atoms with Gasteiger partial charge in [0.25, 0.3) is 0 Å². The Morgan fingerprint density at radius 1 is 1.27 bits per heavy atom. The second-order valence-electron chi connectivity index (χ2n) is 4.04. The zero-order chi connectivity index (χ0) is 11.5. The molecule has 0 saturated carbocycles. The normalized spacial score (nSPS) is 12.7. The first-order valence-corrected chi connectivity index (χ1v) is 4.86. The van der Waals surface area contributed by atoms with Gasteiger partial charge in [-0.05, 0) is 24.6 Å². The van der Waals surface area contributed by atoms with Crippen LogP contribution in [0.5, 0.6) is 5.75 Å². The highest BCUT2D eigenvalue weighted by atomic mass is 16.5. The molecule has 0 aliphatic heterocycles. The number of ether oxygens (including phenoxy) is 1. The van der Waals surface area contributed by atoms with Crippen molar-refractivity contribution in [3.8, 4) is 5.75 Å². The quantitative estimate of drug-likeness (QED) is 0.470. The van der Waals surface area contributed by atoms with Crippen LogP contribution in [0.15, 0.2) is 29.4 Å². The van der Waals surface area contributed by atoms with E-state index >= 15 is 0 Å². The molecule has 0 spiro atoms. The Morgan fingerprint density at radius 2 is 1.80 bits per heavy atom. The minimum Gasteiger partial charge on any atom is -0.497 e. The van der Waals surface area contributed by atoms with Crippen molar-refractivity contribution in [2.45, 2.75) is 26.2 Å². The van der Waals surface area contributed by atoms with Gasteiger partial charge in [-0.25, -0.2) is 0 Å². The molecule has 1 N–H and O–H groups in total. The third kappa shape index (κ3) is 2.29. The van der Waals surface area contributed by atoms with Gasteiger partial charge in [0.15, 0.2) is 0 Å². The second-order valence-corrected chi connectivity index (χ2v) is 4.04. The maximum atomic E-state index is 8.80. The van der Waals surface area contributed by atoms with Crippen LogP contribution in [0.4, 0.5) is 0 Å². The lowest BCUT2D eigenvalue weighted by atomic mass is 9.81. The third-order valence-corrected chi connectivity index (χ3v) is 2.87. The van der Waals surface area contributed by atoms with Crippen molar-refractivity contribution in [3.05, 3.63) is 29.8 Å². The molecule has 0 aromatic heterocycles. The molecule has 1 aromatic carbocycles. The maximum Gasteiger partial charge on any atom is 0.118 e. The molecule has 1 aromatic rings. The van der Waals surface area contributed by atoms with Gasteiger partial charge in [-0.3, -0.25) is 0 Å². The third-order valence-electron chi connectivity index (χ3n) is 2.87. The number of hydrogen-bond donors (Lipinski definition) is 1. The molecule has 3 heteroatoms. The fourth-order valence-electron chi connectivity index (χ4n) is 1.34. The molecule has 1 rings (SSSR count). The van der Waals surface area contributed by atoms with Gasteiger partial charge in [0, 0.05) is 5.41 Å². The zero-order valence-corrected chi connectivity index (χ0v) is 9.61. The smallest absolute Gasteiger partial charge is 0.118 e. The zero-order valence-electron chi connectivity index (χ0n) is 9.61. The molecule has 0 heterocycles. The van der Waals surface area contributed by atoms with Crippen molar-refractivity contribution in [1.29, 1.82) is 0 Å². The summed E-state index contributed by atoms with van der Waals surface area (Å²) in [5.41, 5.74) is 1.52. The molecule has 0 aliphatic carbocycles. The van der Waals surface area contributed by atoms with Gasteiger partial charge < -0.3 is 9.94 Å². The van der Waals surface area contributed by atoms with Crippen molar-refractivity contribution >= 4 is 5.71 Å². The molecular weight excluding hydrogens is 190 g/mol. The summed E-state index contributed by atoms with van der Waals surface area (Å²) in [4.78, 5) is 0. The van der Waals surface area contributed by atoms with Gasteiger partial charge in [0.05, 0.1) is 12.8 Å². The van der Waals surface area contributed by atoms with Crippen LogP contribution in [0.3, 0.4) is 0 Å². The van der Waals surface area contributed by atoms with Crippen molar-refractivity contribution in [3.63, 3.8) is 0 Å². The van der Waals surface area contributed by atoms with Crippen LogP contribution in [0.1, 0.15) is 26.3 Å². The fourth-order valence-corrected chi connectivity index (χ4v) is 1.34. The highest BCUT2D eigenvalue weighted by Crippen LogP contribution is 2.26. The number of benzene rings is 1. The summed E-state index contributed by atoms with van der Waals surface area (Å²) in [5, 5.41) is 12.1. The average molecular weight is 207 g/mol. The minimum absolute atomic E-state index is 0.263. The molecular formula is C12H17NO2. The average Bonchev–Trinajstić information content (AvgIpc) is 2.28. The summed E-state index contributed by atoms with van der Waals surface area (Å²) >= 11 is 0. The van der Waals surface area contributed by atoms with Crippen LogP contribution in [0, 0.1) is 0 Å². The maximum absolute atomic E-state index is 8.80. The van der Waals surface area contributed by atoms with Crippen LogP contribution in [-0.4, -0.2) is 18.0 Å². The first-order valence-electron chi connectivity index (χ1n) is 4.86. The Balaban J connectivity index is 3.05. The Bertz CT molecular complexity index is 352. The van der Waals surface area contributed by atoms with Crippen molar-refractivity contribution < 1.29 is 9.94 Å². The molecule has 0 amide bonds.